The highest BCUT2D eigenvalue weighted by molar-refractivity contribution is 7.92. The molecule has 7 nitrogen and oxygen atoms in total. The number of hydrogen-bond donors (Lipinski definition) is 2. The number of hydrogen-bond acceptors (Lipinski definition) is 6. The van der Waals surface area contributed by atoms with Gasteiger partial charge in [-0.1, -0.05) is 52.0 Å². The molecule has 0 radical (unpaired) electrons. The minimum absolute atomic E-state index is 0.00408. The first-order chi connectivity index (χ1) is 16.6. The zero-order chi connectivity index (χ0) is 25.2. The van der Waals surface area contributed by atoms with Crippen molar-refractivity contribution in [3.05, 3.63) is 59.7 Å². The van der Waals surface area contributed by atoms with Gasteiger partial charge in [-0.25, -0.2) is 18.1 Å². The molecular weight excluding hydrogens is 460 g/mol. The highest BCUT2D eigenvalue weighted by Gasteiger charge is 2.22. The summed E-state index contributed by atoms with van der Waals surface area (Å²) in [6, 6.07) is 14.8. The van der Waals surface area contributed by atoms with Crippen LogP contribution in [0.4, 0.5) is 11.6 Å². The average Bonchev–Trinajstić information content (AvgIpc) is 2.76. The molecule has 4 bridgehead atoms. The Labute approximate surface area is 208 Å². The molecule has 2 aromatic carbocycles. The van der Waals surface area contributed by atoms with Crippen molar-refractivity contribution in [2.45, 2.75) is 58.4 Å². The molecule has 2 N–H and O–H groups in total. The van der Waals surface area contributed by atoms with Crippen LogP contribution in [0.15, 0.2) is 53.4 Å². The minimum atomic E-state index is -3.90. The summed E-state index contributed by atoms with van der Waals surface area (Å²) < 4.78 is 35.1. The lowest BCUT2D eigenvalue weighted by Gasteiger charge is -2.23. The van der Waals surface area contributed by atoms with E-state index >= 15 is 0 Å². The number of fused-ring (bicyclic) bond motifs is 4. The number of ether oxygens (including phenoxy) is 1. The summed E-state index contributed by atoms with van der Waals surface area (Å²) in [4.78, 5) is 9.20. The van der Waals surface area contributed by atoms with Gasteiger partial charge in [0.05, 0.1) is 16.6 Å². The molecule has 0 spiro atoms. The first-order valence-electron chi connectivity index (χ1n) is 12.1. The van der Waals surface area contributed by atoms with Crippen molar-refractivity contribution < 1.29 is 13.2 Å². The molecule has 0 aliphatic carbocycles. The van der Waals surface area contributed by atoms with E-state index in [4.69, 9.17) is 4.74 Å². The van der Waals surface area contributed by atoms with Crippen molar-refractivity contribution in [2.75, 3.05) is 16.6 Å². The Kier molecular flexibility index (Phi) is 7.31. The number of aromatic nitrogens is 2. The van der Waals surface area contributed by atoms with Gasteiger partial charge in [-0.2, -0.15) is 4.98 Å². The summed E-state index contributed by atoms with van der Waals surface area (Å²) in [5, 5.41) is 3.44. The maximum absolute atomic E-state index is 13.2. The van der Waals surface area contributed by atoms with E-state index in [1.165, 1.54) is 0 Å². The molecule has 2 heterocycles. The molecule has 1 aromatic heterocycles. The molecule has 1 atom stereocenters. The van der Waals surface area contributed by atoms with Crippen LogP contribution in [0, 0.1) is 18.8 Å². The summed E-state index contributed by atoms with van der Waals surface area (Å²) >= 11 is 0. The van der Waals surface area contributed by atoms with Gasteiger partial charge in [0, 0.05) is 17.3 Å². The highest BCUT2D eigenvalue weighted by atomic mass is 32.2. The first-order valence-corrected chi connectivity index (χ1v) is 13.6. The lowest BCUT2D eigenvalue weighted by Crippen LogP contribution is -2.29. The van der Waals surface area contributed by atoms with Gasteiger partial charge in [0.1, 0.15) is 6.61 Å². The highest BCUT2D eigenvalue weighted by Crippen LogP contribution is 2.31. The monoisotopic (exact) mass is 494 g/mol. The molecule has 1 aliphatic rings. The summed E-state index contributed by atoms with van der Waals surface area (Å²) in [7, 11) is -3.90. The van der Waals surface area contributed by atoms with Crippen LogP contribution < -0.4 is 14.8 Å². The van der Waals surface area contributed by atoms with Crippen molar-refractivity contribution in [3.63, 3.8) is 0 Å². The van der Waals surface area contributed by atoms with Crippen LogP contribution in [0.5, 0.6) is 5.88 Å². The van der Waals surface area contributed by atoms with Gasteiger partial charge in [0.2, 0.25) is 11.8 Å². The van der Waals surface area contributed by atoms with Gasteiger partial charge in [-0.15, -0.1) is 0 Å². The van der Waals surface area contributed by atoms with Gasteiger partial charge < -0.3 is 10.1 Å². The van der Waals surface area contributed by atoms with E-state index in [-0.39, 0.29) is 16.9 Å². The quantitative estimate of drug-likeness (QED) is 0.475. The van der Waals surface area contributed by atoms with Crippen LogP contribution in [0.1, 0.15) is 45.2 Å². The fourth-order valence-electron chi connectivity index (χ4n) is 4.47. The Morgan fingerprint density at radius 1 is 1.03 bits per heavy atom. The van der Waals surface area contributed by atoms with Crippen molar-refractivity contribution in [1.29, 1.82) is 0 Å². The van der Waals surface area contributed by atoms with E-state index < -0.39 is 10.0 Å². The number of nitrogens with zero attached hydrogens (tertiary/aromatic N) is 2. The van der Waals surface area contributed by atoms with Gasteiger partial charge >= 0.3 is 0 Å². The van der Waals surface area contributed by atoms with Crippen LogP contribution >= 0.6 is 0 Å². The lowest BCUT2D eigenvalue weighted by molar-refractivity contribution is 0.271. The molecule has 0 saturated carbocycles. The fourth-order valence-corrected chi connectivity index (χ4v) is 5.46. The third-order valence-electron chi connectivity index (χ3n) is 5.88. The minimum Gasteiger partial charge on any atom is -0.475 e. The Morgan fingerprint density at radius 2 is 1.80 bits per heavy atom. The molecule has 0 amide bonds. The number of anilines is 2. The SMILES string of the molecule is Cc1cccc(CC(C)C)c1-c1cc2nc(n1)NS(=O)(=O)c1cccc(c1)N[C@H](CC(C)C)CO2. The van der Waals surface area contributed by atoms with Crippen LogP contribution in [-0.2, 0) is 16.4 Å². The van der Waals surface area contributed by atoms with E-state index in [0.29, 0.717) is 30.0 Å². The number of benzene rings is 2. The molecule has 186 valence electrons. The molecular formula is C27H34N4O3S. The van der Waals surface area contributed by atoms with Crippen LogP contribution in [0.2, 0.25) is 0 Å². The van der Waals surface area contributed by atoms with Crippen molar-refractivity contribution in [1.82, 2.24) is 9.97 Å². The van der Waals surface area contributed by atoms with E-state index in [0.717, 1.165) is 35.2 Å². The van der Waals surface area contributed by atoms with Crippen LogP contribution in [0.25, 0.3) is 11.3 Å². The van der Waals surface area contributed by atoms with Crippen LogP contribution in [0.3, 0.4) is 0 Å². The van der Waals surface area contributed by atoms with E-state index in [2.05, 4.69) is 53.8 Å². The zero-order valence-electron chi connectivity index (χ0n) is 21.0. The Morgan fingerprint density at radius 3 is 2.54 bits per heavy atom. The van der Waals surface area contributed by atoms with E-state index in [1.807, 2.05) is 25.1 Å². The predicted octanol–water partition coefficient (Wildman–Crippen LogP) is 5.67. The molecule has 0 fully saturated rings. The molecule has 4 rings (SSSR count). The van der Waals surface area contributed by atoms with E-state index in [9.17, 15) is 8.42 Å². The number of sulfonamides is 1. The van der Waals surface area contributed by atoms with Gasteiger partial charge in [-0.05, 0) is 60.9 Å². The van der Waals surface area contributed by atoms with E-state index in [1.54, 1.807) is 24.3 Å². The van der Waals surface area contributed by atoms with Crippen molar-refractivity contribution in [3.8, 4) is 17.1 Å². The van der Waals surface area contributed by atoms with Crippen molar-refractivity contribution >= 4 is 21.7 Å². The largest absolute Gasteiger partial charge is 0.475 e. The molecule has 35 heavy (non-hydrogen) atoms. The van der Waals surface area contributed by atoms with Gasteiger partial charge in [-0.3, -0.25) is 0 Å². The molecule has 1 aliphatic heterocycles. The predicted molar refractivity (Wildman–Crippen MR) is 140 cm³/mol. The number of aryl methyl sites for hydroxylation is 1. The second-order valence-electron chi connectivity index (χ2n) is 10.0. The number of nitrogens with one attached hydrogen (secondary N) is 2. The molecule has 0 saturated heterocycles. The van der Waals surface area contributed by atoms with Crippen LogP contribution in [-0.4, -0.2) is 31.0 Å². The zero-order valence-corrected chi connectivity index (χ0v) is 21.8. The summed E-state index contributed by atoms with van der Waals surface area (Å²) in [5.74, 6) is 1.22. The second-order valence-corrected chi connectivity index (χ2v) is 11.7. The first kappa shape index (κ1) is 25.0. The molecule has 8 heteroatoms. The lowest BCUT2D eigenvalue weighted by atomic mass is 9.93. The second kappa shape index (κ2) is 10.2. The summed E-state index contributed by atoms with van der Waals surface area (Å²) in [5.41, 5.74) is 4.58. The number of rotatable bonds is 5. The summed E-state index contributed by atoms with van der Waals surface area (Å²) in [6.45, 7) is 11.1. The van der Waals surface area contributed by atoms with Crippen molar-refractivity contribution in [2.24, 2.45) is 11.8 Å². The van der Waals surface area contributed by atoms with Gasteiger partial charge in [0.15, 0.2) is 0 Å². The molecule has 3 aromatic rings. The Hall–Kier alpha value is -3.13. The standard InChI is InChI=1S/C27H34N4O3S/c1-17(2)12-20-9-6-8-19(5)26(20)24-15-25-30-27(29-24)31-35(32,33)23-11-7-10-21(14-23)28-22(16-34-25)13-18(3)4/h6-11,14-15,17-18,22,28H,12-13,16H2,1-5H3,(H,29,30,31)/t22-/m1/s1. The third-order valence-corrected chi connectivity index (χ3v) is 7.20. The third kappa shape index (κ3) is 6.11. The topological polar surface area (TPSA) is 93.2 Å². The molecule has 0 unspecified atom stereocenters. The Balaban J connectivity index is 1.84. The maximum atomic E-state index is 13.2. The Bertz CT molecular complexity index is 1310. The smallest absolute Gasteiger partial charge is 0.264 e. The average molecular weight is 495 g/mol. The summed E-state index contributed by atoms with van der Waals surface area (Å²) in [6.07, 6.45) is 1.74. The maximum Gasteiger partial charge on any atom is 0.264 e. The normalized spacial score (nSPS) is 17.1. The fraction of sp³-hybridized carbons (Fsp3) is 0.407. The van der Waals surface area contributed by atoms with Gasteiger partial charge in [0.25, 0.3) is 10.0 Å².